The summed E-state index contributed by atoms with van der Waals surface area (Å²) in [5.41, 5.74) is 0. The minimum Gasteiger partial charge on any atom is -0.420 e. The first kappa shape index (κ1) is 16.1. The standard InChI is InChI=1S/C11H26O4Si/c1-10(13)11(14)6-4-5-8-16(3,15-2)9-7-12/h10-14H,4-9H2,1-3H3. The fourth-order valence-electron chi connectivity index (χ4n) is 1.66. The summed E-state index contributed by atoms with van der Waals surface area (Å²) in [5, 5.41) is 27.5. The average molecular weight is 250 g/mol. The van der Waals surface area contributed by atoms with Gasteiger partial charge in [0.2, 0.25) is 0 Å². The van der Waals surface area contributed by atoms with Gasteiger partial charge in [0.25, 0.3) is 0 Å². The first-order valence-corrected chi connectivity index (χ1v) is 8.79. The maximum Gasteiger partial charge on any atom is 0.191 e. The van der Waals surface area contributed by atoms with Crippen molar-refractivity contribution < 1.29 is 19.7 Å². The monoisotopic (exact) mass is 250 g/mol. The van der Waals surface area contributed by atoms with Crippen molar-refractivity contribution in [2.75, 3.05) is 13.7 Å². The third-order valence-corrected chi connectivity index (χ3v) is 6.82. The molecule has 0 saturated heterocycles. The normalized spacial score (nSPS) is 19.1. The molecule has 0 aliphatic rings. The van der Waals surface area contributed by atoms with E-state index in [9.17, 15) is 5.11 Å². The molecule has 0 bridgehead atoms. The third kappa shape index (κ3) is 6.60. The summed E-state index contributed by atoms with van der Waals surface area (Å²) in [6, 6.07) is 1.76. The molecule has 98 valence electrons. The van der Waals surface area contributed by atoms with E-state index < -0.39 is 20.5 Å². The molecule has 0 aliphatic carbocycles. The predicted octanol–water partition coefficient (Wildman–Crippen LogP) is 1.11. The molecule has 16 heavy (non-hydrogen) atoms. The lowest BCUT2D eigenvalue weighted by molar-refractivity contribution is 0.0249. The third-order valence-electron chi connectivity index (χ3n) is 3.15. The van der Waals surface area contributed by atoms with Gasteiger partial charge in [0.05, 0.1) is 12.2 Å². The van der Waals surface area contributed by atoms with Crippen molar-refractivity contribution in [1.82, 2.24) is 0 Å². The van der Waals surface area contributed by atoms with Crippen LogP contribution in [-0.4, -0.2) is 49.6 Å². The Hall–Kier alpha value is 0.0569. The van der Waals surface area contributed by atoms with Gasteiger partial charge in [0.1, 0.15) is 0 Å². The zero-order valence-electron chi connectivity index (χ0n) is 10.6. The molecule has 0 fully saturated rings. The average Bonchev–Trinajstić information content (AvgIpc) is 2.24. The van der Waals surface area contributed by atoms with Crippen LogP contribution in [0.15, 0.2) is 0 Å². The van der Waals surface area contributed by atoms with Crippen LogP contribution in [0.3, 0.4) is 0 Å². The van der Waals surface area contributed by atoms with Gasteiger partial charge >= 0.3 is 0 Å². The molecule has 3 atom stereocenters. The number of aliphatic hydroxyl groups is 3. The molecule has 3 unspecified atom stereocenters. The van der Waals surface area contributed by atoms with E-state index in [4.69, 9.17) is 14.6 Å². The highest BCUT2D eigenvalue weighted by atomic mass is 28.4. The molecule has 0 rings (SSSR count). The molecule has 0 saturated carbocycles. The lowest BCUT2D eigenvalue weighted by Gasteiger charge is -2.24. The lowest BCUT2D eigenvalue weighted by atomic mass is 10.1. The van der Waals surface area contributed by atoms with E-state index in [0.29, 0.717) is 6.42 Å². The number of hydrogen-bond donors (Lipinski definition) is 3. The van der Waals surface area contributed by atoms with Gasteiger partial charge in [-0.25, -0.2) is 0 Å². The lowest BCUT2D eigenvalue weighted by Crippen LogP contribution is -2.34. The van der Waals surface area contributed by atoms with Crippen LogP contribution in [0.4, 0.5) is 0 Å². The van der Waals surface area contributed by atoms with Crippen molar-refractivity contribution in [2.45, 2.75) is 57.0 Å². The zero-order valence-corrected chi connectivity index (χ0v) is 11.6. The van der Waals surface area contributed by atoms with Gasteiger partial charge in [0.15, 0.2) is 8.32 Å². The smallest absolute Gasteiger partial charge is 0.191 e. The molecule has 0 heterocycles. The summed E-state index contributed by atoms with van der Waals surface area (Å²) in [6.07, 6.45) is 1.24. The van der Waals surface area contributed by atoms with Gasteiger partial charge in [-0.05, 0) is 32.0 Å². The Labute approximate surface area is 99.4 Å². The van der Waals surface area contributed by atoms with Crippen LogP contribution in [0.1, 0.15) is 26.2 Å². The highest BCUT2D eigenvalue weighted by Gasteiger charge is 2.26. The van der Waals surface area contributed by atoms with Crippen LogP contribution in [-0.2, 0) is 4.43 Å². The summed E-state index contributed by atoms with van der Waals surface area (Å²) < 4.78 is 5.50. The molecular weight excluding hydrogens is 224 g/mol. The maximum absolute atomic E-state index is 9.41. The number of hydrogen-bond acceptors (Lipinski definition) is 4. The van der Waals surface area contributed by atoms with E-state index in [2.05, 4.69) is 6.55 Å². The van der Waals surface area contributed by atoms with Crippen LogP contribution in [0, 0.1) is 0 Å². The van der Waals surface area contributed by atoms with Crippen LogP contribution in [0.5, 0.6) is 0 Å². The molecule has 4 nitrogen and oxygen atoms in total. The Morgan fingerprint density at radius 3 is 2.25 bits per heavy atom. The first-order valence-electron chi connectivity index (χ1n) is 5.97. The molecule has 0 aliphatic heterocycles. The SMILES string of the molecule is CO[Si](C)(CCO)CCCCC(O)C(C)O. The Bertz CT molecular complexity index is 177. The quantitative estimate of drug-likeness (QED) is 0.423. The van der Waals surface area contributed by atoms with Gasteiger partial charge in [-0.2, -0.15) is 0 Å². The Morgan fingerprint density at radius 2 is 1.81 bits per heavy atom. The van der Waals surface area contributed by atoms with E-state index in [1.54, 1.807) is 14.0 Å². The van der Waals surface area contributed by atoms with E-state index in [-0.39, 0.29) is 6.61 Å². The zero-order chi connectivity index (χ0) is 12.6. The molecule has 3 N–H and O–H groups in total. The van der Waals surface area contributed by atoms with Crippen LogP contribution >= 0.6 is 0 Å². The summed E-state index contributed by atoms with van der Waals surface area (Å²) in [6.45, 7) is 3.91. The van der Waals surface area contributed by atoms with Gasteiger partial charge in [-0.1, -0.05) is 12.8 Å². The molecule has 0 aromatic heterocycles. The van der Waals surface area contributed by atoms with Crippen molar-refractivity contribution in [3.8, 4) is 0 Å². The Balaban J connectivity index is 3.71. The molecular formula is C11H26O4Si. The Morgan fingerprint density at radius 1 is 1.19 bits per heavy atom. The van der Waals surface area contributed by atoms with Crippen molar-refractivity contribution >= 4 is 8.32 Å². The van der Waals surface area contributed by atoms with Gasteiger partial charge in [-0.15, -0.1) is 0 Å². The van der Waals surface area contributed by atoms with Crippen molar-refractivity contribution in [2.24, 2.45) is 0 Å². The molecule has 0 spiro atoms. The van der Waals surface area contributed by atoms with Crippen LogP contribution in [0.25, 0.3) is 0 Å². The second-order valence-electron chi connectivity index (χ2n) is 4.68. The van der Waals surface area contributed by atoms with E-state index in [1.807, 2.05) is 0 Å². The van der Waals surface area contributed by atoms with Crippen molar-refractivity contribution in [1.29, 1.82) is 0 Å². The van der Waals surface area contributed by atoms with E-state index in [0.717, 1.165) is 24.9 Å². The fourth-order valence-corrected chi connectivity index (χ4v) is 3.79. The molecule has 0 amide bonds. The predicted molar refractivity (Wildman–Crippen MR) is 66.9 cm³/mol. The van der Waals surface area contributed by atoms with Crippen LogP contribution in [0.2, 0.25) is 18.6 Å². The van der Waals surface area contributed by atoms with E-state index in [1.165, 1.54) is 0 Å². The Kier molecular flexibility index (Phi) is 8.22. The minimum absolute atomic E-state index is 0.187. The molecule has 0 radical (unpaired) electrons. The molecule has 0 aromatic carbocycles. The molecule has 5 heteroatoms. The summed E-state index contributed by atoms with van der Waals surface area (Å²) >= 11 is 0. The van der Waals surface area contributed by atoms with Crippen LogP contribution < -0.4 is 0 Å². The fraction of sp³-hybridized carbons (Fsp3) is 1.00. The summed E-state index contributed by atoms with van der Waals surface area (Å²) in [7, 11) is -0.00190. The first-order chi connectivity index (χ1) is 7.45. The largest absolute Gasteiger partial charge is 0.420 e. The molecule has 0 aromatic rings. The highest BCUT2D eigenvalue weighted by Crippen LogP contribution is 2.20. The number of aliphatic hydroxyl groups excluding tert-OH is 3. The maximum atomic E-state index is 9.41. The second kappa shape index (κ2) is 8.19. The van der Waals surface area contributed by atoms with Crippen molar-refractivity contribution in [3.05, 3.63) is 0 Å². The summed E-state index contributed by atoms with van der Waals surface area (Å²) in [5.74, 6) is 0. The number of rotatable bonds is 9. The number of unbranched alkanes of at least 4 members (excludes halogenated alkanes) is 1. The van der Waals surface area contributed by atoms with Gasteiger partial charge in [-0.3, -0.25) is 0 Å². The van der Waals surface area contributed by atoms with Crippen molar-refractivity contribution in [3.63, 3.8) is 0 Å². The van der Waals surface area contributed by atoms with Gasteiger partial charge in [0, 0.05) is 13.7 Å². The second-order valence-corrected chi connectivity index (χ2v) is 8.99. The minimum atomic E-state index is -1.72. The highest BCUT2D eigenvalue weighted by molar-refractivity contribution is 6.72. The topological polar surface area (TPSA) is 69.9 Å². The van der Waals surface area contributed by atoms with E-state index >= 15 is 0 Å². The summed E-state index contributed by atoms with van der Waals surface area (Å²) in [4.78, 5) is 0. The van der Waals surface area contributed by atoms with Gasteiger partial charge < -0.3 is 19.7 Å².